The van der Waals surface area contributed by atoms with Gasteiger partial charge in [-0.3, -0.25) is 9.48 Å². The lowest BCUT2D eigenvalue weighted by Crippen LogP contribution is -2.26. The Hall–Kier alpha value is -1.83. The third kappa shape index (κ3) is 2.16. The third-order valence-corrected chi connectivity index (χ3v) is 3.50. The van der Waals surface area contributed by atoms with Crippen molar-refractivity contribution in [1.29, 1.82) is 5.26 Å². The topological polar surface area (TPSA) is 70.7 Å². The van der Waals surface area contributed by atoms with E-state index >= 15 is 0 Å². The number of nitriles is 1. The predicted octanol–water partition coefficient (Wildman–Crippen LogP) is 1.67. The van der Waals surface area contributed by atoms with E-state index < -0.39 is 0 Å². The van der Waals surface area contributed by atoms with Gasteiger partial charge in [-0.1, -0.05) is 13.3 Å². The maximum absolute atomic E-state index is 12.1. The number of amides is 1. The Balaban J connectivity index is 2.13. The van der Waals surface area contributed by atoms with Gasteiger partial charge in [0.2, 0.25) is 5.91 Å². The van der Waals surface area contributed by atoms with Gasteiger partial charge in [0.15, 0.2) is 0 Å². The SMILES string of the molecule is CC1CCCC1C(=O)Nc1c(C#N)cnn1C. The molecule has 1 aliphatic rings. The van der Waals surface area contributed by atoms with Gasteiger partial charge in [0.25, 0.3) is 0 Å². The van der Waals surface area contributed by atoms with Gasteiger partial charge in [-0.05, 0) is 18.8 Å². The number of nitrogens with one attached hydrogen (secondary N) is 1. The van der Waals surface area contributed by atoms with Crippen molar-refractivity contribution in [1.82, 2.24) is 9.78 Å². The first kappa shape index (κ1) is 11.6. The fourth-order valence-corrected chi connectivity index (χ4v) is 2.41. The zero-order chi connectivity index (χ0) is 12.4. The molecule has 1 aromatic rings. The molecule has 0 spiro atoms. The number of hydrogen-bond acceptors (Lipinski definition) is 3. The Kier molecular flexibility index (Phi) is 3.14. The molecule has 0 aromatic carbocycles. The molecule has 0 bridgehead atoms. The van der Waals surface area contributed by atoms with Crippen LogP contribution in [0.25, 0.3) is 0 Å². The Morgan fingerprint density at radius 3 is 3.00 bits per heavy atom. The van der Waals surface area contributed by atoms with Crippen LogP contribution in [0, 0.1) is 23.2 Å². The molecule has 90 valence electrons. The molecular formula is C12H16N4O. The Morgan fingerprint density at radius 1 is 1.65 bits per heavy atom. The number of carbonyl (C=O) groups is 1. The highest BCUT2D eigenvalue weighted by molar-refractivity contribution is 5.93. The molecular weight excluding hydrogens is 216 g/mol. The second-order valence-electron chi connectivity index (χ2n) is 4.65. The summed E-state index contributed by atoms with van der Waals surface area (Å²) in [5.74, 6) is 0.997. The second-order valence-corrected chi connectivity index (χ2v) is 4.65. The molecule has 0 aliphatic heterocycles. The molecule has 1 aromatic heterocycles. The summed E-state index contributed by atoms with van der Waals surface area (Å²) in [6, 6.07) is 2.03. The maximum Gasteiger partial charge on any atom is 0.228 e. The summed E-state index contributed by atoms with van der Waals surface area (Å²) in [6.45, 7) is 2.10. The first-order chi connectivity index (χ1) is 8.13. The molecule has 5 nitrogen and oxygen atoms in total. The second kappa shape index (κ2) is 4.58. The molecule has 1 N–H and O–H groups in total. The van der Waals surface area contributed by atoms with Crippen LogP contribution in [0.4, 0.5) is 5.82 Å². The summed E-state index contributed by atoms with van der Waals surface area (Å²) in [7, 11) is 1.72. The highest BCUT2D eigenvalue weighted by Crippen LogP contribution is 2.32. The van der Waals surface area contributed by atoms with E-state index in [9.17, 15) is 4.79 Å². The smallest absolute Gasteiger partial charge is 0.228 e. The van der Waals surface area contributed by atoms with Crippen molar-refractivity contribution in [2.45, 2.75) is 26.2 Å². The van der Waals surface area contributed by atoms with Crippen molar-refractivity contribution < 1.29 is 4.79 Å². The minimum atomic E-state index is 0.00935. The molecule has 5 heteroatoms. The quantitative estimate of drug-likeness (QED) is 0.843. The standard InChI is InChI=1S/C12H16N4O/c1-8-4-3-5-10(8)12(17)15-11-9(6-13)7-14-16(11)2/h7-8,10H,3-5H2,1-2H3,(H,15,17). The molecule has 17 heavy (non-hydrogen) atoms. The molecule has 1 saturated carbocycles. The fourth-order valence-electron chi connectivity index (χ4n) is 2.41. The normalized spacial score (nSPS) is 23.4. The number of aryl methyl sites for hydroxylation is 1. The summed E-state index contributed by atoms with van der Waals surface area (Å²) >= 11 is 0. The number of rotatable bonds is 2. The first-order valence-corrected chi connectivity index (χ1v) is 5.86. The number of aromatic nitrogens is 2. The zero-order valence-electron chi connectivity index (χ0n) is 10.1. The molecule has 1 amide bonds. The van der Waals surface area contributed by atoms with Crippen molar-refractivity contribution in [2.24, 2.45) is 18.9 Å². The zero-order valence-corrected chi connectivity index (χ0v) is 10.1. The molecule has 0 saturated heterocycles. The Labute approximate surface area is 100 Å². The van der Waals surface area contributed by atoms with Crippen LogP contribution < -0.4 is 5.32 Å². The maximum atomic E-state index is 12.1. The van der Waals surface area contributed by atoms with Crippen molar-refractivity contribution in [3.05, 3.63) is 11.8 Å². The fraction of sp³-hybridized carbons (Fsp3) is 0.583. The van der Waals surface area contributed by atoms with Crippen LogP contribution in [0.3, 0.4) is 0 Å². The summed E-state index contributed by atoms with van der Waals surface area (Å²) in [5, 5.41) is 15.7. The van der Waals surface area contributed by atoms with E-state index in [1.54, 1.807) is 7.05 Å². The Morgan fingerprint density at radius 2 is 2.41 bits per heavy atom. The van der Waals surface area contributed by atoms with E-state index in [2.05, 4.69) is 17.3 Å². The average Bonchev–Trinajstić information content (AvgIpc) is 2.87. The van der Waals surface area contributed by atoms with Gasteiger partial charge in [0.05, 0.1) is 6.20 Å². The summed E-state index contributed by atoms with van der Waals surface area (Å²) in [6.07, 6.45) is 4.62. The van der Waals surface area contributed by atoms with Gasteiger partial charge < -0.3 is 5.32 Å². The highest BCUT2D eigenvalue weighted by atomic mass is 16.2. The molecule has 0 radical (unpaired) electrons. The average molecular weight is 232 g/mol. The molecule has 2 atom stereocenters. The van der Waals surface area contributed by atoms with Crippen molar-refractivity contribution in [3.63, 3.8) is 0 Å². The van der Waals surface area contributed by atoms with Crippen LogP contribution >= 0.6 is 0 Å². The van der Waals surface area contributed by atoms with E-state index in [-0.39, 0.29) is 11.8 Å². The molecule has 2 rings (SSSR count). The monoisotopic (exact) mass is 232 g/mol. The lowest BCUT2D eigenvalue weighted by Gasteiger charge is -2.15. The third-order valence-electron chi connectivity index (χ3n) is 3.50. The van der Waals surface area contributed by atoms with Crippen LogP contribution in [0.5, 0.6) is 0 Å². The van der Waals surface area contributed by atoms with E-state index in [1.165, 1.54) is 10.9 Å². The highest BCUT2D eigenvalue weighted by Gasteiger charge is 2.30. The van der Waals surface area contributed by atoms with Gasteiger partial charge in [-0.15, -0.1) is 0 Å². The lowest BCUT2D eigenvalue weighted by molar-refractivity contribution is -0.120. The van der Waals surface area contributed by atoms with Crippen LogP contribution in [0.1, 0.15) is 31.7 Å². The largest absolute Gasteiger partial charge is 0.310 e. The number of anilines is 1. The van der Waals surface area contributed by atoms with Crippen LogP contribution in [-0.4, -0.2) is 15.7 Å². The minimum Gasteiger partial charge on any atom is -0.310 e. The summed E-state index contributed by atoms with van der Waals surface area (Å²) in [5.41, 5.74) is 0.409. The van der Waals surface area contributed by atoms with Gasteiger partial charge in [-0.2, -0.15) is 10.4 Å². The van der Waals surface area contributed by atoms with E-state index in [0.29, 0.717) is 17.3 Å². The molecule has 2 unspecified atom stereocenters. The van der Waals surface area contributed by atoms with Gasteiger partial charge >= 0.3 is 0 Å². The first-order valence-electron chi connectivity index (χ1n) is 5.86. The predicted molar refractivity (Wildman–Crippen MR) is 63.1 cm³/mol. The molecule has 1 fully saturated rings. The number of hydrogen-bond donors (Lipinski definition) is 1. The number of nitrogens with zero attached hydrogens (tertiary/aromatic N) is 3. The van der Waals surface area contributed by atoms with Crippen molar-refractivity contribution in [3.8, 4) is 6.07 Å². The van der Waals surface area contributed by atoms with E-state index in [4.69, 9.17) is 5.26 Å². The van der Waals surface area contributed by atoms with Crippen molar-refractivity contribution >= 4 is 11.7 Å². The van der Waals surface area contributed by atoms with Gasteiger partial charge in [-0.25, -0.2) is 0 Å². The van der Waals surface area contributed by atoms with Crippen LogP contribution in [-0.2, 0) is 11.8 Å². The van der Waals surface area contributed by atoms with E-state index in [0.717, 1.165) is 19.3 Å². The van der Waals surface area contributed by atoms with Crippen molar-refractivity contribution in [2.75, 3.05) is 5.32 Å². The Bertz CT molecular complexity index is 471. The number of carbonyl (C=O) groups excluding carboxylic acids is 1. The summed E-state index contributed by atoms with van der Waals surface area (Å²) < 4.78 is 1.52. The summed E-state index contributed by atoms with van der Waals surface area (Å²) in [4.78, 5) is 12.1. The van der Waals surface area contributed by atoms with Gasteiger partial charge in [0.1, 0.15) is 17.5 Å². The molecule has 1 aliphatic carbocycles. The lowest BCUT2D eigenvalue weighted by atomic mass is 9.97. The van der Waals surface area contributed by atoms with Crippen LogP contribution in [0.15, 0.2) is 6.20 Å². The van der Waals surface area contributed by atoms with Crippen LogP contribution in [0.2, 0.25) is 0 Å². The minimum absolute atomic E-state index is 0.00935. The van der Waals surface area contributed by atoms with Gasteiger partial charge in [0, 0.05) is 13.0 Å². The molecule has 1 heterocycles. The van der Waals surface area contributed by atoms with E-state index in [1.807, 2.05) is 6.07 Å².